The number of nitrogens with one attached hydrogen (secondary N) is 1. The molecule has 0 aliphatic rings. The first-order valence-electron chi connectivity index (χ1n) is 12.7. The molecule has 1 amide bonds. The van der Waals surface area contributed by atoms with Gasteiger partial charge < -0.3 is 10.2 Å². The maximum absolute atomic E-state index is 12.7. The van der Waals surface area contributed by atoms with E-state index in [4.69, 9.17) is 9.97 Å². The molecule has 0 saturated heterocycles. The lowest BCUT2D eigenvalue weighted by Crippen LogP contribution is -2.23. The number of carbonyl (C=O) groups is 1. The minimum Gasteiger partial charge on any atom is -0.355 e. The molecule has 0 aliphatic heterocycles. The van der Waals surface area contributed by atoms with Crippen LogP contribution in [-0.4, -0.2) is 27.9 Å². The third kappa shape index (κ3) is 7.30. The van der Waals surface area contributed by atoms with Crippen LogP contribution < -0.4 is 10.2 Å². The van der Waals surface area contributed by atoms with Gasteiger partial charge in [0.1, 0.15) is 5.82 Å². The quantitative estimate of drug-likeness (QED) is 0.166. The van der Waals surface area contributed by atoms with Gasteiger partial charge in [-0.2, -0.15) is 0 Å². The Morgan fingerprint density at radius 1 is 0.821 bits per heavy atom. The number of aromatic nitrogens is 3. The van der Waals surface area contributed by atoms with Gasteiger partial charge in [-0.3, -0.25) is 9.78 Å². The van der Waals surface area contributed by atoms with Crippen LogP contribution in [0.1, 0.15) is 27.2 Å². The average Bonchev–Trinajstić information content (AvgIpc) is 3.00. The summed E-state index contributed by atoms with van der Waals surface area (Å²) in [5.74, 6) is 1.37. The molecule has 7 heteroatoms. The van der Waals surface area contributed by atoms with Crippen molar-refractivity contribution in [3.8, 4) is 11.3 Å². The molecule has 0 radical (unpaired) electrons. The van der Waals surface area contributed by atoms with Gasteiger partial charge in [0.05, 0.1) is 17.9 Å². The minimum atomic E-state index is -0.125. The summed E-state index contributed by atoms with van der Waals surface area (Å²) in [6.45, 7) is 1.13. The Hall–Kier alpha value is -4.49. The monoisotopic (exact) mass is 531 g/mol. The molecule has 0 unspecified atom stereocenters. The third-order valence-electron chi connectivity index (χ3n) is 6.13. The molecule has 0 bridgehead atoms. The molecule has 0 fully saturated rings. The van der Waals surface area contributed by atoms with Gasteiger partial charge in [0.15, 0.2) is 5.16 Å². The van der Waals surface area contributed by atoms with E-state index in [1.165, 1.54) is 5.56 Å². The van der Waals surface area contributed by atoms with E-state index in [1.54, 1.807) is 18.0 Å². The molecule has 194 valence electrons. The smallest absolute Gasteiger partial charge is 0.251 e. The van der Waals surface area contributed by atoms with E-state index in [0.29, 0.717) is 23.0 Å². The van der Waals surface area contributed by atoms with Crippen LogP contribution in [0.5, 0.6) is 0 Å². The zero-order valence-electron chi connectivity index (χ0n) is 21.7. The standard InChI is InChI=1S/C32H29N5OS/c1-37(22-24-11-4-2-5-12-24)30-20-29(26-14-6-3-7-15-26)35-32(36-30)39-23-25-13-10-16-27(19-25)31(38)34-21-28-17-8-9-18-33-28/h2-20H,21-23H2,1H3,(H,34,38). The summed E-state index contributed by atoms with van der Waals surface area (Å²) in [5.41, 5.74) is 5.60. The third-order valence-corrected chi connectivity index (χ3v) is 7.05. The summed E-state index contributed by atoms with van der Waals surface area (Å²) in [5, 5.41) is 3.63. The second-order valence-electron chi connectivity index (χ2n) is 9.09. The van der Waals surface area contributed by atoms with Crippen LogP contribution in [0.3, 0.4) is 0 Å². The number of amides is 1. The van der Waals surface area contributed by atoms with Crippen LogP contribution in [0, 0.1) is 0 Å². The van der Waals surface area contributed by atoms with Gasteiger partial charge in [-0.15, -0.1) is 0 Å². The summed E-state index contributed by atoms with van der Waals surface area (Å²) in [6.07, 6.45) is 1.72. The number of rotatable bonds is 10. The van der Waals surface area contributed by atoms with Crippen molar-refractivity contribution in [3.05, 3.63) is 138 Å². The van der Waals surface area contributed by atoms with Crippen molar-refractivity contribution in [3.63, 3.8) is 0 Å². The van der Waals surface area contributed by atoms with E-state index in [0.717, 1.165) is 34.9 Å². The molecule has 2 heterocycles. The van der Waals surface area contributed by atoms with E-state index in [2.05, 4.69) is 39.5 Å². The normalized spacial score (nSPS) is 10.7. The van der Waals surface area contributed by atoms with Gasteiger partial charge >= 0.3 is 0 Å². The van der Waals surface area contributed by atoms with Crippen molar-refractivity contribution < 1.29 is 4.79 Å². The predicted octanol–water partition coefficient (Wildman–Crippen LogP) is 6.40. The highest BCUT2D eigenvalue weighted by Crippen LogP contribution is 2.28. The second-order valence-corrected chi connectivity index (χ2v) is 10.0. The molecule has 2 aromatic heterocycles. The van der Waals surface area contributed by atoms with Gasteiger partial charge in [-0.1, -0.05) is 90.6 Å². The summed E-state index contributed by atoms with van der Waals surface area (Å²) in [6, 6.07) is 35.9. The van der Waals surface area contributed by atoms with Crippen LogP contribution in [0.25, 0.3) is 11.3 Å². The number of hydrogen-bond acceptors (Lipinski definition) is 6. The fourth-order valence-corrected chi connectivity index (χ4v) is 4.89. The van der Waals surface area contributed by atoms with Crippen molar-refractivity contribution in [2.75, 3.05) is 11.9 Å². The Morgan fingerprint density at radius 3 is 2.33 bits per heavy atom. The number of carbonyl (C=O) groups excluding carboxylic acids is 1. The Balaban J connectivity index is 1.31. The Morgan fingerprint density at radius 2 is 1.56 bits per heavy atom. The van der Waals surface area contributed by atoms with E-state index >= 15 is 0 Å². The second kappa shape index (κ2) is 12.8. The van der Waals surface area contributed by atoms with Gasteiger partial charge in [0.2, 0.25) is 0 Å². The molecule has 3 aromatic carbocycles. The molecule has 5 aromatic rings. The first kappa shape index (κ1) is 26.1. The predicted molar refractivity (Wildman–Crippen MR) is 157 cm³/mol. The van der Waals surface area contributed by atoms with Crippen LogP contribution in [0.2, 0.25) is 0 Å². The Kier molecular flexibility index (Phi) is 8.61. The van der Waals surface area contributed by atoms with E-state index in [9.17, 15) is 4.79 Å². The molecule has 0 spiro atoms. The minimum absolute atomic E-state index is 0.125. The van der Waals surface area contributed by atoms with Crippen LogP contribution in [0.4, 0.5) is 5.82 Å². The lowest BCUT2D eigenvalue weighted by Gasteiger charge is -2.20. The number of benzene rings is 3. The lowest BCUT2D eigenvalue weighted by atomic mass is 10.1. The zero-order chi connectivity index (χ0) is 26.9. The van der Waals surface area contributed by atoms with Crippen molar-refractivity contribution in [1.82, 2.24) is 20.3 Å². The van der Waals surface area contributed by atoms with Crippen LogP contribution in [-0.2, 0) is 18.8 Å². The summed E-state index contributed by atoms with van der Waals surface area (Å²) < 4.78 is 0. The molecular formula is C32H29N5OS. The highest BCUT2D eigenvalue weighted by Gasteiger charge is 2.12. The van der Waals surface area contributed by atoms with Gasteiger partial charge in [0, 0.05) is 42.7 Å². The molecule has 39 heavy (non-hydrogen) atoms. The largest absolute Gasteiger partial charge is 0.355 e. The van der Waals surface area contributed by atoms with E-state index in [1.807, 2.05) is 92.0 Å². The SMILES string of the molecule is CN(Cc1ccccc1)c1cc(-c2ccccc2)nc(SCc2cccc(C(=O)NCc3ccccn3)c2)n1. The fourth-order valence-electron chi connectivity index (χ4n) is 4.09. The molecule has 0 saturated carbocycles. The summed E-state index contributed by atoms with van der Waals surface area (Å²) in [7, 11) is 2.05. The highest BCUT2D eigenvalue weighted by atomic mass is 32.2. The molecule has 0 atom stereocenters. The number of anilines is 1. The molecule has 0 aliphatic carbocycles. The Labute approximate surface area is 233 Å². The summed E-state index contributed by atoms with van der Waals surface area (Å²) >= 11 is 1.56. The molecular weight excluding hydrogens is 502 g/mol. The number of thioether (sulfide) groups is 1. The number of pyridine rings is 1. The first-order chi connectivity index (χ1) is 19.1. The molecule has 6 nitrogen and oxygen atoms in total. The van der Waals surface area contributed by atoms with Crippen molar-refractivity contribution in [2.24, 2.45) is 0 Å². The molecule has 5 rings (SSSR count). The van der Waals surface area contributed by atoms with Crippen molar-refractivity contribution >= 4 is 23.5 Å². The first-order valence-corrected chi connectivity index (χ1v) is 13.7. The number of hydrogen-bond donors (Lipinski definition) is 1. The summed E-state index contributed by atoms with van der Waals surface area (Å²) in [4.78, 5) is 28.9. The Bertz CT molecular complexity index is 1510. The number of nitrogens with zero attached hydrogens (tertiary/aromatic N) is 4. The highest BCUT2D eigenvalue weighted by molar-refractivity contribution is 7.98. The van der Waals surface area contributed by atoms with Gasteiger partial charge in [-0.25, -0.2) is 9.97 Å². The maximum atomic E-state index is 12.7. The van der Waals surface area contributed by atoms with Gasteiger partial charge in [0.25, 0.3) is 5.91 Å². The fraction of sp³-hybridized carbons (Fsp3) is 0.125. The van der Waals surface area contributed by atoms with Crippen molar-refractivity contribution in [2.45, 2.75) is 24.0 Å². The van der Waals surface area contributed by atoms with Gasteiger partial charge in [-0.05, 0) is 35.4 Å². The maximum Gasteiger partial charge on any atom is 0.251 e. The van der Waals surface area contributed by atoms with E-state index < -0.39 is 0 Å². The molecule has 1 N–H and O–H groups in total. The van der Waals surface area contributed by atoms with Crippen LogP contribution >= 0.6 is 11.8 Å². The topological polar surface area (TPSA) is 71.0 Å². The van der Waals surface area contributed by atoms with E-state index in [-0.39, 0.29) is 5.91 Å². The zero-order valence-corrected chi connectivity index (χ0v) is 22.5. The average molecular weight is 532 g/mol. The van der Waals surface area contributed by atoms with Crippen molar-refractivity contribution in [1.29, 1.82) is 0 Å². The van der Waals surface area contributed by atoms with Crippen LogP contribution in [0.15, 0.2) is 121 Å². The lowest BCUT2D eigenvalue weighted by molar-refractivity contribution is 0.0950.